The number of aryl methyl sites for hydroxylation is 2. The Morgan fingerprint density at radius 2 is 1.57 bits per heavy atom. The highest BCUT2D eigenvalue weighted by Crippen LogP contribution is 2.24. The molecule has 2 aromatic carbocycles. The molecule has 0 radical (unpaired) electrons. The number of hydrogen-bond donors (Lipinski definition) is 1. The van der Waals surface area contributed by atoms with Gasteiger partial charge in [-0.05, 0) is 48.4 Å². The second-order valence-corrected chi connectivity index (χ2v) is 6.13. The van der Waals surface area contributed by atoms with Crippen LogP contribution in [0.1, 0.15) is 60.1 Å². The van der Waals surface area contributed by atoms with Crippen molar-refractivity contribution in [3.8, 4) is 0 Å². The van der Waals surface area contributed by atoms with E-state index in [9.17, 15) is 5.11 Å². The molecule has 0 saturated heterocycles. The summed E-state index contributed by atoms with van der Waals surface area (Å²) in [5.41, 5.74) is 6.07. The summed E-state index contributed by atoms with van der Waals surface area (Å²) in [4.78, 5) is 0. The summed E-state index contributed by atoms with van der Waals surface area (Å²) >= 11 is 0. The van der Waals surface area contributed by atoms with Crippen LogP contribution < -0.4 is 0 Å². The average molecular weight is 282 g/mol. The predicted octanol–water partition coefficient (Wildman–Crippen LogP) is 5.09. The monoisotopic (exact) mass is 282 g/mol. The molecule has 1 nitrogen and oxygen atoms in total. The molecule has 0 aromatic heterocycles. The van der Waals surface area contributed by atoms with Crippen LogP contribution in [0.5, 0.6) is 0 Å². The van der Waals surface area contributed by atoms with Gasteiger partial charge in [0.2, 0.25) is 0 Å². The van der Waals surface area contributed by atoms with Crippen LogP contribution >= 0.6 is 0 Å². The van der Waals surface area contributed by atoms with Crippen molar-refractivity contribution in [1.82, 2.24) is 0 Å². The van der Waals surface area contributed by atoms with Crippen LogP contribution in [-0.4, -0.2) is 5.11 Å². The minimum atomic E-state index is -0.434. The molecule has 0 heterocycles. The first-order valence-corrected chi connectivity index (χ1v) is 7.85. The highest BCUT2D eigenvalue weighted by molar-refractivity contribution is 5.33. The molecule has 0 fully saturated rings. The lowest BCUT2D eigenvalue weighted by molar-refractivity contribution is 0.178. The SMILES string of the molecule is CCC(C)c1ccc(C(O)Cc2cc(C)ccc2C)cc1. The fourth-order valence-corrected chi connectivity index (χ4v) is 2.63. The van der Waals surface area contributed by atoms with Gasteiger partial charge in [0.05, 0.1) is 6.10 Å². The molecule has 0 bridgehead atoms. The molecule has 21 heavy (non-hydrogen) atoms. The molecule has 1 N–H and O–H groups in total. The van der Waals surface area contributed by atoms with E-state index in [1.54, 1.807) is 0 Å². The molecule has 2 aromatic rings. The summed E-state index contributed by atoms with van der Waals surface area (Å²) in [5.74, 6) is 0.579. The molecule has 0 saturated carbocycles. The maximum absolute atomic E-state index is 10.5. The van der Waals surface area contributed by atoms with E-state index in [1.165, 1.54) is 22.3 Å². The van der Waals surface area contributed by atoms with Crippen LogP contribution in [0.15, 0.2) is 42.5 Å². The molecular weight excluding hydrogens is 256 g/mol. The minimum absolute atomic E-state index is 0.434. The molecule has 2 atom stereocenters. The summed E-state index contributed by atoms with van der Waals surface area (Å²) in [6, 6.07) is 14.8. The lowest BCUT2D eigenvalue weighted by atomic mass is 9.93. The van der Waals surface area contributed by atoms with Crippen molar-refractivity contribution < 1.29 is 5.11 Å². The van der Waals surface area contributed by atoms with Gasteiger partial charge in [0.25, 0.3) is 0 Å². The van der Waals surface area contributed by atoms with E-state index in [1.807, 2.05) is 0 Å². The van der Waals surface area contributed by atoms with Gasteiger partial charge in [-0.3, -0.25) is 0 Å². The number of aliphatic hydroxyl groups is 1. The summed E-state index contributed by atoms with van der Waals surface area (Å²) in [6.07, 6.45) is 1.39. The Balaban J connectivity index is 2.13. The minimum Gasteiger partial charge on any atom is -0.388 e. The van der Waals surface area contributed by atoms with Gasteiger partial charge in [0, 0.05) is 6.42 Å². The van der Waals surface area contributed by atoms with Crippen molar-refractivity contribution in [3.05, 3.63) is 70.3 Å². The van der Waals surface area contributed by atoms with E-state index in [-0.39, 0.29) is 0 Å². The molecule has 0 spiro atoms. The first-order valence-electron chi connectivity index (χ1n) is 7.85. The Morgan fingerprint density at radius 1 is 0.952 bits per heavy atom. The maximum atomic E-state index is 10.5. The van der Waals surface area contributed by atoms with Crippen molar-refractivity contribution in [3.63, 3.8) is 0 Å². The Bertz CT molecular complexity index is 583. The Hall–Kier alpha value is -1.60. The van der Waals surface area contributed by atoms with Crippen LogP contribution in [0.3, 0.4) is 0 Å². The van der Waals surface area contributed by atoms with E-state index >= 15 is 0 Å². The first-order chi connectivity index (χ1) is 10.0. The van der Waals surface area contributed by atoms with Crippen LogP contribution in [0.25, 0.3) is 0 Å². The summed E-state index contributed by atoms with van der Waals surface area (Å²) in [7, 11) is 0. The third-order valence-electron chi connectivity index (χ3n) is 4.42. The van der Waals surface area contributed by atoms with Gasteiger partial charge < -0.3 is 5.11 Å². The largest absolute Gasteiger partial charge is 0.388 e. The van der Waals surface area contributed by atoms with E-state index < -0.39 is 6.10 Å². The Labute approximate surface area is 128 Å². The second-order valence-electron chi connectivity index (χ2n) is 6.13. The van der Waals surface area contributed by atoms with Crippen LogP contribution in [0, 0.1) is 13.8 Å². The van der Waals surface area contributed by atoms with Gasteiger partial charge in [0.15, 0.2) is 0 Å². The van der Waals surface area contributed by atoms with Crippen molar-refractivity contribution in [2.24, 2.45) is 0 Å². The summed E-state index contributed by atoms with van der Waals surface area (Å²) in [6.45, 7) is 8.64. The predicted molar refractivity (Wildman–Crippen MR) is 89.7 cm³/mol. The molecule has 0 amide bonds. The van der Waals surface area contributed by atoms with Gasteiger partial charge in [0.1, 0.15) is 0 Å². The highest BCUT2D eigenvalue weighted by atomic mass is 16.3. The van der Waals surface area contributed by atoms with Gasteiger partial charge in [-0.15, -0.1) is 0 Å². The molecule has 2 unspecified atom stereocenters. The molecule has 0 aliphatic carbocycles. The van der Waals surface area contributed by atoms with E-state index in [0.717, 1.165) is 12.0 Å². The zero-order valence-corrected chi connectivity index (χ0v) is 13.6. The van der Waals surface area contributed by atoms with E-state index in [4.69, 9.17) is 0 Å². The molecule has 2 rings (SSSR count). The van der Waals surface area contributed by atoms with Crippen molar-refractivity contribution in [2.45, 2.75) is 52.6 Å². The quantitative estimate of drug-likeness (QED) is 0.809. The van der Waals surface area contributed by atoms with E-state index in [0.29, 0.717) is 12.3 Å². The van der Waals surface area contributed by atoms with Gasteiger partial charge >= 0.3 is 0 Å². The molecule has 112 valence electrons. The number of rotatable bonds is 5. The van der Waals surface area contributed by atoms with Gasteiger partial charge in [-0.25, -0.2) is 0 Å². The lowest BCUT2D eigenvalue weighted by Crippen LogP contribution is -2.04. The molecule has 0 aliphatic rings. The highest BCUT2D eigenvalue weighted by Gasteiger charge is 2.11. The topological polar surface area (TPSA) is 20.2 Å². The van der Waals surface area contributed by atoms with Crippen molar-refractivity contribution in [1.29, 1.82) is 0 Å². The molecular formula is C20H26O. The van der Waals surface area contributed by atoms with Crippen molar-refractivity contribution in [2.75, 3.05) is 0 Å². The standard InChI is InChI=1S/C20H26O/c1-5-15(3)17-8-10-18(11-9-17)20(21)13-19-12-14(2)6-7-16(19)4/h6-12,15,20-21H,5,13H2,1-4H3. The fourth-order valence-electron chi connectivity index (χ4n) is 2.63. The molecule has 1 heteroatoms. The lowest BCUT2D eigenvalue weighted by Gasteiger charge is -2.15. The third kappa shape index (κ3) is 3.95. The first kappa shape index (κ1) is 15.8. The number of benzene rings is 2. The third-order valence-corrected chi connectivity index (χ3v) is 4.42. The van der Waals surface area contributed by atoms with Crippen LogP contribution in [0.4, 0.5) is 0 Å². The Morgan fingerprint density at radius 3 is 2.19 bits per heavy atom. The van der Waals surface area contributed by atoms with Crippen LogP contribution in [0.2, 0.25) is 0 Å². The normalized spacial score (nSPS) is 14.0. The van der Waals surface area contributed by atoms with E-state index in [2.05, 4.69) is 70.2 Å². The molecule has 0 aliphatic heterocycles. The van der Waals surface area contributed by atoms with Crippen LogP contribution in [-0.2, 0) is 6.42 Å². The Kier molecular flexibility index (Phi) is 5.19. The fraction of sp³-hybridized carbons (Fsp3) is 0.400. The van der Waals surface area contributed by atoms with Crippen molar-refractivity contribution >= 4 is 0 Å². The summed E-state index contributed by atoms with van der Waals surface area (Å²) < 4.78 is 0. The number of hydrogen-bond acceptors (Lipinski definition) is 1. The van der Waals surface area contributed by atoms with Gasteiger partial charge in [-0.1, -0.05) is 61.9 Å². The van der Waals surface area contributed by atoms with Gasteiger partial charge in [-0.2, -0.15) is 0 Å². The average Bonchev–Trinajstić information content (AvgIpc) is 2.50. The maximum Gasteiger partial charge on any atom is 0.0830 e. The summed E-state index contributed by atoms with van der Waals surface area (Å²) in [5, 5.41) is 10.5. The second kappa shape index (κ2) is 6.91. The smallest absolute Gasteiger partial charge is 0.0830 e. The zero-order chi connectivity index (χ0) is 15.4. The number of aliphatic hydroxyl groups excluding tert-OH is 1. The zero-order valence-electron chi connectivity index (χ0n) is 13.6.